The van der Waals surface area contributed by atoms with Gasteiger partial charge in [-0.15, -0.1) is 0 Å². The summed E-state index contributed by atoms with van der Waals surface area (Å²) in [5, 5.41) is 2.80. The van der Waals surface area contributed by atoms with E-state index in [1.165, 1.54) is 14.2 Å². The molecule has 0 unspecified atom stereocenters. The van der Waals surface area contributed by atoms with E-state index in [1.807, 2.05) is 55.5 Å². The highest BCUT2D eigenvalue weighted by Gasteiger charge is 2.16. The molecule has 0 radical (unpaired) electrons. The molecule has 3 aromatic carbocycles. The Kier molecular flexibility index (Phi) is 6.70. The summed E-state index contributed by atoms with van der Waals surface area (Å²) in [6, 6.07) is 20.3. The van der Waals surface area contributed by atoms with Gasteiger partial charge < -0.3 is 19.5 Å². The second-order valence-corrected chi connectivity index (χ2v) is 6.54. The van der Waals surface area contributed by atoms with Crippen molar-refractivity contribution in [1.82, 2.24) is 0 Å². The molecular weight excluding hydrogens is 382 g/mol. The first-order chi connectivity index (χ1) is 14.5. The molecule has 0 aliphatic carbocycles. The second-order valence-electron chi connectivity index (χ2n) is 6.54. The zero-order valence-corrected chi connectivity index (χ0v) is 17.1. The summed E-state index contributed by atoms with van der Waals surface area (Å²) in [5.74, 6) is -0.0686. The first kappa shape index (κ1) is 20.9. The number of amides is 1. The molecule has 154 valence electrons. The van der Waals surface area contributed by atoms with Crippen molar-refractivity contribution in [3.63, 3.8) is 0 Å². The Labute approximate surface area is 175 Å². The summed E-state index contributed by atoms with van der Waals surface area (Å²) in [7, 11) is 3.02. The molecule has 3 aromatic rings. The minimum absolute atomic E-state index is 0.242. The minimum atomic E-state index is -0.641. The number of ether oxygens (including phenoxy) is 3. The van der Waals surface area contributed by atoms with Gasteiger partial charge in [0, 0.05) is 16.8 Å². The predicted molar refractivity (Wildman–Crippen MR) is 115 cm³/mol. The fourth-order valence-electron chi connectivity index (χ4n) is 3.07. The normalized spacial score (nSPS) is 10.2. The zero-order valence-electron chi connectivity index (χ0n) is 17.1. The van der Waals surface area contributed by atoms with E-state index in [2.05, 4.69) is 5.32 Å². The molecule has 6 heteroatoms. The van der Waals surface area contributed by atoms with Gasteiger partial charge in [-0.2, -0.15) is 0 Å². The summed E-state index contributed by atoms with van der Waals surface area (Å²) >= 11 is 0. The fraction of sp³-hybridized carbons (Fsp3) is 0.167. The van der Waals surface area contributed by atoms with E-state index in [0.29, 0.717) is 17.2 Å². The van der Waals surface area contributed by atoms with Gasteiger partial charge in [0.1, 0.15) is 11.5 Å². The van der Waals surface area contributed by atoms with Gasteiger partial charge in [-0.25, -0.2) is 4.79 Å². The van der Waals surface area contributed by atoms with Crippen molar-refractivity contribution < 1.29 is 23.8 Å². The van der Waals surface area contributed by atoms with Crippen LogP contribution in [0.2, 0.25) is 0 Å². The Bertz CT molecular complexity index is 1020. The van der Waals surface area contributed by atoms with E-state index in [4.69, 9.17) is 14.2 Å². The molecule has 0 aromatic heterocycles. The van der Waals surface area contributed by atoms with Crippen molar-refractivity contribution in [2.75, 3.05) is 26.1 Å². The van der Waals surface area contributed by atoms with Crippen LogP contribution in [0.15, 0.2) is 66.7 Å². The molecule has 0 saturated carbocycles. The number of hydrogen-bond donors (Lipinski definition) is 1. The van der Waals surface area contributed by atoms with E-state index in [-0.39, 0.29) is 5.56 Å². The standard InChI is InChI=1S/C24H23NO5/c1-16-21(28-2)13-18(14-22(16)29-3)24(27)30-15-23(26)25-20-12-8-7-11-19(20)17-9-5-4-6-10-17/h4-14H,15H2,1-3H3,(H,25,26). The maximum absolute atomic E-state index is 12.4. The quantitative estimate of drug-likeness (QED) is 0.587. The Morgan fingerprint density at radius 2 is 1.47 bits per heavy atom. The molecule has 0 aliphatic heterocycles. The summed E-state index contributed by atoms with van der Waals surface area (Å²) in [6.45, 7) is 1.41. The molecule has 0 fully saturated rings. The van der Waals surface area contributed by atoms with Crippen LogP contribution in [0.25, 0.3) is 11.1 Å². The summed E-state index contributed by atoms with van der Waals surface area (Å²) in [4.78, 5) is 24.8. The number of benzene rings is 3. The summed E-state index contributed by atoms with van der Waals surface area (Å²) in [5.41, 5.74) is 3.51. The lowest BCUT2D eigenvalue weighted by atomic mass is 10.0. The number of para-hydroxylation sites is 1. The van der Waals surface area contributed by atoms with E-state index in [9.17, 15) is 9.59 Å². The van der Waals surface area contributed by atoms with Gasteiger partial charge in [0.05, 0.1) is 19.8 Å². The Morgan fingerprint density at radius 3 is 2.10 bits per heavy atom. The van der Waals surface area contributed by atoms with E-state index in [0.717, 1.165) is 16.7 Å². The lowest BCUT2D eigenvalue weighted by Crippen LogP contribution is -2.21. The molecule has 0 spiro atoms. The van der Waals surface area contributed by atoms with Gasteiger partial charge >= 0.3 is 5.97 Å². The molecular formula is C24H23NO5. The first-order valence-electron chi connectivity index (χ1n) is 9.37. The number of rotatable bonds is 7. The number of esters is 1. The molecule has 6 nitrogen and oxygen atoms in total. The monoisotopic (exact) mass is 405 g/mol. The average Bonchev–Trinajstić information content (AvgIpc) is 2.78. The number of anilines is 1. The van der Waals surface area contributed by atoms with Crippen LogP contribution in [0.4, 0.5) is 5.69 Å². The third-order valence-electron chi connectivity index (χ3n) is 4.61. The number of carbonyl (C=O) groups is 2. The van der Waals surface area contributed by atoms with Crippen molar-refractivity contribution in [2.45, 2.75) is 6.92 Å². The molecule has 0 aliphatic rings. The minimum Gasteiger partial charge on any atom is -0.496 e. The number of carbonyl (C=O) groups excluding carboxylic acids is 2. The SMILES string of the molecule is COc1cc(C(=O)OCC(=O)Nc2ccccc2-c2ccccc2)cc(OC)c1C. The molecule has 1 N–H and O–H groups in total. The van der Waals surface area contributed by atoms with Gasteiger partial charge in [0.25, 0.3) is 5.91 Å². The highest BCUT2D eigenvalue weighted by atomic mass is 16.5. The number of nitrogens with one attached hydrogen (secondary N) is 1. The van der Waals surface area contributed by atoms with Crippen LogP contribution in [0.5, 0.6) is 11.5 Å². The molecule has 3 rings (SSSR count). The zero-order chi connectivity index (χ0) is 21.5. The van der Waals surface area contributed by atoms with Crippen molar-refractivity contribution in [1.29, 1.82) is 0 Å². The summed E-state index contributed by atoms with van der Waals surface area (Å²) < 4.78 is 15.7. The molecule has 0 saturated heterocycles. The smallest absolute Gasteiger partial charge is 0.338 e. The van der Waals surface area contributed by atoms with Gasteiger partial charge in [-0.1, -0.05) is 48.5 Å². The van der Waals surface area contributed by atoms with Crippen molar-refractivity contribution in [3.8, 4) is 22.6 Å². The van der Waals surface area contributed by atoms with Gasteiger partial charge in [-0.05, 0) is 30.7 Å². The maximum Gasteiger partial charge on any atom is 0.338 e. The topological polar surface area (TPSA) is 73.9 Å². The van der Waals surface area contributed by atoms with Gasteiger partial charge in [0.15, 0.2) is 6.61 Å². The van der Waals surface area contributed by atoms with Crippen LogP contribution in [0.1, 0.15) is 15.9 Å². The number of hydrogen-bond acceptors (Lipinski definition) is 5. The predicted octanol–water partition coefficient (Wildman–Crippen LogP) is 4.47. The Morgan fingerprint density at radius 1 is 0.867 bits per heavy atom. The van der Waals surface area contributed by atoms with Crippen LogP contribution in [0, 0.1) is 6.92 Å². The van der Waals surface area contributed by atoms with Gasteiger partial charge in [-0.3, -0.25) is 4.79 Å². The largest absolute Gasteiger partial charge is 0.496 e. The highest BCUT2D eigenvalue weighted by Crippen LogP contribution is 2.30. The van der Waals surface area contributed by atoms with Gasteiger partial charge in [0.2, 0.25) is 0 Å². The van der Waals surface area contributed by atoms with Crippen LogP contribution in [0.3, 0.4) is 0 Å². The van der Waals surface area contributed by atoms with E-state index >= 15 is 0 Å². The van der Waals surface area contributed by atoms with Crippen molar-refractivity contribution >= 4 is 17.6 Å². The molecule has 0 heterocycles. The second kappa shape index (κ2) is 9.60. The highest BCUT2D eigenvalue weighted by molar-refractivity contribution is 5.98. The lowest BCUT2D eigenvalue weighted by Gasteiger charge is -2.13. The summed E-state index contributed by atoms with van der Waals surface area (Å²) in [6.07, 6.45) is 0. The number of methoxy groups -OCH3 is 2. The molecule has 0 atom stereocenters. The molecule has 1 amide bonds. The first-order valence-corrected chi connectivity index (χ1v) is 9.37. The lowest BCUT2D eigenvalue weighted by molar-refractivity contribution is -0.119. The van der Waals surface area contributed by atoms with Crippen molar-refractivity contribution in [2.24, 2.45) is 0 Å². The third kappa shape index (κ3) is 4.78. The molecule has 0 bridgehead atoms. The van der Waals surface area contributed by atoms with Crippen LogP contribution >= 0.6 is 0 Å². The average molecular weight is 405 g/mol. The maximum atomic E-state index is 12.4. The van der Waals surface area contributed by atoms with Crippen LogP contribution < -0.4 is 14.8 Å². The van der Waals surface area contributed by atoms with Crippen LogP contribution in [-0.2, 0) is 9.53 Å². The van der Waals surface area contributed by atoms with E-state index < -0.39 is 18.5 Å². The van der Waals surface area contributed by atoms with E-state index in [1.54, 1.807) is 18.2 Å². The Balaban J connectivity index is 1.68. The third-order valence-corrected chi connectivity index (χ3v) is 4.61. The molecule has 30 heavy (non-hydrogen) atoms. The van der Waals surface area contributed by atoms with Crippen LogP contribution in [-0.4, -0.2) is 32.7 Å². The fourth-order valence-corrected chi connectivity index (χ4v) is 3.07. The Hall–Kier alpha value is -3.80. The van der Waals surface area contributed by atoms with Crippen molar-refractivity contribution in [3.05, 3.63) is 77.9 Å².